The van der Waals surface area contributed by atoms with Crippen molar-refractivity contribution in [2.24, 2.45) is 0 Å². The summed E-state index contributed by atoms with van der Waals surface area (Å²) in [5.74, 6) is 0.533. The SMILES string of the molecule is CNc1c(OC2CC2)cc(Br)cc1[N+](=O)[O-]. The number of nitrogens with one attached hydrogen (secondary N) is 1. The number of benzene rings is 1. The Hall–Kier alpha value is -1.30. The van der Waals surface area contributed by atoms with Crippen LogP contribution in [-0.2, 0) is 0 Å². The van der Waals surface area contributed by atoms with Crippen molar-refractivity contribution in [2.45, 2.75) is 18.9 Å². The molecule has 1 N–H and O–H groups in total. The number of rotatable bonds is 4. The second-order valence-corrected chi connectivity index (χ2v) is 4.54. The van der Waals surface area contributed by atoms with Gasteiger partial charge in [0.25, 0.3) is 5.69 Å². The van der Waals surface area contributed by atoms with Gasteiger partial charge in [0.2, 0.25) is 0 Å². The molecule has 1 aliphatic rings. The lowest BCUT2D eigenvalue weighted by atomic mass is 10.2. The van der Waals surface area contributed by atoms with Crippen molar-refractivity contribution in [3.8, 4) is 5.75 Å². The Morgan fingerprint density at radius 1 is 1.56 bits per heavy atom. The van der Waals surface area contributed by atoms with Gasteiger partial charge in [0, 0.05) is 17.6 Å². The second kappa shape index (κ2) is 4.29. The molecule has 1 aromatic rings. The standard InChI is InChI=1S/C10H11BrN2O3/c1-12-10-8(13(14)15)4-6(11)5-9(10)16-7-2-3-7/h4-5,7,12H,2-3H2,1H3. The molecule has 86 valence electrons. The molecular formula is C10H11BrN2O3. The van der Waals surface area contributed by atoms with Crippen LogP contribution in [0.15, 0.2) is 16.6 Å². The molecule has 2 rings (SSSR count). The average Bonchev–Trinajstić information content (AvgIpc) is 3.00. The minimum atomic E-state index is -0.420. The van der Waals surface area contributed by atoms with Crippen LogP contribution in [0, 0.1) is 10.1 Å². The molecule has 16 heavy (non-hydrogen) atoms. The van der Waals surface area contributed by atoms with Crippen LogP contribution in [0.5, 0.6) is 5.75 Å². The summed E-state index contributed by atoms with van der Waals surface area (Å²) in [5, 5.41) is 13.7. The number of nitrogens with zero attached hydrogens (tertiary/aromatic N) is 1. The van der Waals surface area contributed by atoms with Crippen LogP contribution in [0.3, 0.4) is 0 Å². The fourth-order valence-electron chi connectivity index (χ4n) is 1.42. The summed E-state index contributed by atoms with van der Waals surface area (Å²) in [7, 11) is 1.65. The van der Waals surface area contributed by atoms with E-state index in [0.29, 0.717) is 15.9 Å². The summed E-state index contributed by atoms with van der Waals surface area (Å²) in [6.07, 6.45) is 2.24. The lowest BCUT2D eigenvalue weighted by molar-refractivity contribution is -0.384. The summed E-state index contributed by atoms with van der Waals surface area (Å²) in [6.45, 7) is 0. The van der Waals surface area contributed by atoms with Crippen LogP contribution in [0.25, 0.3) is 0 Å². The normalized spacial score (nSPS) is 14.6. The smallest absolute Gasteiger partial charge is 0.297 e. The van der Waals surface area contributed by atoms with Gasteiger partial charge < -0.3 is 10.1 Å². The van der Waals surface area contributed by atoms with Gasteiger partial charge >= 0.3 is 0 Å². The molecule has 0 amide bonds. The highest BCUT2D eigenvalue weighted by Crippen LogP contribution is 2.40. The average molecular weight is 287 g/mol. The summed E-state index contributed by atoms with van der Waals surface area (Å²) in [4.78, 5) is 10.5. The highest BCUT2D eigenvalue weighted by Gasteiger charge is 2.27. The van der Waals surface area contributed by atoms with Gasteiger partial charge in [-0.25, -0.2) is 0 Å². The second-order valence-electron chi connectivity index (χ2n) is 3.62. The van der Waals surface area contributed by atoms with Crippen molar-refractivity contribution in [1.29, 1.82) is 0 Å². The molecule has 1 saturated carbocycles. The van der Waals surface area contributed by atoms with Crippen molar-refractivity contribution < 1.29 is 9.66 Å². The van der Waals surface area contributed by atoms with Crippen molar-refractivity contribution in [1.82, 2.24) is 0 Å². The molecular weight excluding hydrogens is 276 g/mol. The van der Waals surface area contributed by atoms with Crippen molar-refractivity contribution in [3.63, 3.8) is 0 Å². The zero-order valence-corrected chi connectivity index (χ0v) is 10.3. The Balaban J connectivity index is 2.43. The van der Waals surface area contributed by atoms with E-state index < -0.39 is 4.92 Å². The fourth-order valence-corrected chi connectivity index (χ4v) is 1.85. The minimum Gasteiger partial charge on any atom is -0.488 e. The first-order valence-electron chi connectivity index (χ1n) is 4.94. The van der Waals surface area contributed by atoms with Gasteiger partial charge in [-0.2, -0.15) is 0 Å². The number of hydrogen-bond donors (Lipinski definition) is 1. The summed E-state index contributed by atoms with van der Waals surface area (Å²) >= 11 is 3.24. The molecule has 0 saturated heterocycles. The van der Waals surface area contributed by atoms with Gasteiger partial charge in [-0.05, 0) is 18.9 Å². The van der Waals surface area contributed by atoms with E-state index in [4.69, 9.17) is 4.74 Å². The number of anilines is 1. The Kier molecular flexibility index (Phi) is 3.00. The number of halogens is 1. The zero-order chi connectivity index (χ0) is 11.7. The highest BCUT2D eigenvalue weighted by molar-refractivity contribution is 9.10. The van der Waals surface area contributed by atoms with Crippen molar-refractivity contribution in [3.05, 3.63) is 26.7 Å². The predicted molar refractivity (Wildman–Crippen MR) is 64.0 cm³/mol. The highest BCUT2D eigenvalue weighted by atomic mass is 79.9. The quantitative estimate of drug-likeness (QED) is 0.683. The molecule has 6 heteroatoms. The van der Waals surface area contributed by atoms with Crippen LogP contribution < -0.4 is 10.1 Å². The monoisotopic (exact) mass is 286 g/mol. The number of nitro groups is 1. The summed E-state index contributed by atoms with van der Waals surface area (Å²) in [6, 6.07) is 3.21. The van der Waals surface area contributed by atoms with Crippen LogP contribution in [0.2, 0.25) is 0 Å². The van der Waals surface area contributed by atoms with Gasteiger partial charge in [-0.1, -0.05) is 15.9 Å². The van der Waals surface area contributed by atoms with Crippen molar-refractivity contribution in [2.75, 3.05) is 12.4 Å². The molecule has 0 aliphatic heterocycles. The van der Waals surface area contributed by atoms with E-state index in [9.17, 15) is 10.1 Å². The number of nitro benzene ring substituents is 1. The molecule has 0 bridgehead atoms. The first-order valence-corrected chi connectivity index (χ1v) is 5.73. The van der Waals surface area contributed by atoms with E-state index in [1.807, 2.05) is 0 Å². The largest absolute Gasteiger partial charge is 0.488 e. The van der Waals surface area contributed by atoms with E-state index in [-0.39, 0.29) is 11.8 Å². The molecule has 0 radical (unpaired) electrons. The molecule has 0 heterocycles. The van der Waals surface area contributed by atoms with Gasteiger partial charge in [0.05, 0.1) is 11.0 Å². The van der Waals surface area contributed by atoms with Gasteiger partial charge in [0.1, 0.15) is 0 Å². The van der Waals surface area contributed by atoms with E-state index in [1.54, 1.807) is 13.1 Å². The third-order valence-corrected chi connectivity index (χ3v) is 2.77. The lowest BCUT2D eigenvalue weighted by Gasteiger charge is -2.11. The Bertz CT molecular complexity index is 432. The third kappa shape index (κ3) is 2.27. The van der Waals surface area contributed by atoms with E-state index in [0.717, 1.165) is 12.8 Å². The maximum Gasteiger partial charge on any atom is 0.297 e. The fraction of sp³-hybridized carbons (Fsp3) is 0.400. The first-order chi connectivity index (χ1) is 7.61. The summed E-state index contributed by atoms with van der Waals surface area (Å²) in [5.41, 5.74) is 0.452. The maximum atomic E-state index is 10.9. The molecule has 1 aromatic carbocycles. The molecule has 0 unspecified atom stereocenters. The molecule has 1 aliphatic carbocycles. The lowest BCUT2D eigenvalue weighted by Crippen LogP contribution is -2.03. The van der Waals surface area contributed by atoms with Crippen LogP contribution >= 0.6 is 15.9 Å². The van der Waals surface area contributed by atoms with Crippen LogP contribution in [0.4, 0.5) is 11.4 Å². The van der Waals surface area contributed by atoms with Crippen LogP contribution in [-0.4, -0.2) is 18.1 Å². The predicted octanol–water partition coefficient (Wildman–Crippen LogP) is 2.94. The molecule has 0 spiro atoms. The first kappa shape index (κ1) is 11.2. The Morgan fingerprint density at radius 2 is 2.25 bits per heavy atom. The van der Waals surface area contributed by atoms with E-state index in [2.05, 4.69) is 21.2 Å². The van der Waals surface area contributed by atoms with Gasteiger partial charge in [-0.3, -0.25) is 10.1 Å². The molecule has 1 fully saturated rings. The maximum absolute atomic E-state index is 10.9. The van der Waals surface area contributed by atoms with Gasteiger partial charge in [-0.15, -0.1) is 0 Å². The number of ether oxygens (including phenoxy) is 1. The molecule has 0 aromatic heterocycles. The Morgan fingerprint density at radius 3 is 2.75 bits per heavy atom. The third-order valence-electron chi connectivity index (χ3n) is 2.31. The molecule has 0 atom stereocenters. The zero-order valence-electron chi connectivity index (χ0n) is 8.70. The minimum absolute atomic E-state index is 0.0209. The van der Waals surface area contributed by atoms with E-state index in [1.165, 1.54) is 6.07 Å². The molecule has 5 nitrogen and oxygen atoms in total. The summed E-state index contributed by atoms with van der Waals surface area (Å²) < 4.78 is 6.27. The van der Waals surface area contributed by atoms with Crippen LogP contribution in [0.1, 0.15) is 12.8 Å². The van der Waals surface area contributed by atoms with Crippen molar-refractivity contribution >= 4 is 27.3 Å². The number of hydrogen-bond acceptors (Lipinski definition) is 4. The van der Waals surface area contributed by atoms with E-state index >= 15 is 0 Å². The van der Waals surface area contributed by atoms with Gasteiger partial charge in [0.15, 0.2) is 11.4 Å². The topological polar surface area (TPSA) is 64.4 Å². The Labute approximate surface area is 101 Å².